The van der Waals surface area contributed by atoms with Crippen LogP contribution in [0.2, 0.25) is 0 Å². The van der Waals surface area contributed by atoms with E-state index < -0.39 is 56.7 Å². The molecule has 5 amide bonds. The van der Waals surface area contributed by atoms with Crippen LogP contribution < -0.4 is 20.1 Å². The normalized spacial score (nSPS) is 27.6. The van der Waals surface area contributed by atoms with E-state index in [4.69, 9.17) is 9.72 Å². The Balaban J connectivity index is 1.17. The molecule has 0 spiro atoms. The van der Waals surface area contributed by atoms with Gasteiger partial charge in [0.2, 0.25) is 27.7 Å². The van der Waals surface area contributed by atoms with Crippen LogP contribution in [0, 0.1) is 18.8 Å². The van der Waals surface area contributed by atoms with Gasteiger partial charge in [0.05, 0.1) is 17.3 Å². The molecule has 4 fully saturated rings. The number of carbonyl (C=O) groups excluding carboxylic acids is 4. The minimum atomic E-state index is -3.89. The van der Waals surface area contributed by atoms with Gasteiger partial charge in [-0.15, -0.1) is 6.58 Å². The van der Waals surface area contributed by atoms with Gasteiger partial charge < -0.3 is 29.7 Å². The van der Waals surface area contributed by atoms with Gasteiger partial charge >= 0.3 is 6.03 Å². The second-order valence-electron chi connectivity index (χ2n) is 17.0. The molecule has 310 valence electrons. The summed E-state index contributed by atoms with van der Waals surface area (Å²) in [5.74, 6) is -2.03. The van der Waals surface area contributed by atoms with E-state index >= 15 is 0 Å². The number of hydrogen-bond acceptors (Lipinski definition) is 8. The number of nitrogens with zero attached hydrogens (tertiary/aromatic N) is 4. The number of ether oxygens (including phenoxy) is 1. The van der Waals surface area contributed by atoms with Crippen molar-refractivity contribution in [2.24, 2.45) is 11.8 Å². The van der Waals surface area contributed by atoms with Gasteiger partial charge in [0.15, 0.2) is 0 Å². The Bertz CT molecular complexity index is 2260. The van der Waals surface area contributed by atoms with E-state index in [0.29, 0.717) is 31.8 Å². The summed E-state index contributed by atoms with van der Waals surface area (Å²) in [4.78, 5) is 65.1. The molecular formula is C43H55N7O7S. The lowest BCUT2D eigenvalue weighted by Crippen LogP contribution is -2.59. The number of benzene rings is 1. The van der Waals surface area contributed by atoms with Crippen molar-refractivity contribution in [3.05, 3.63) is 60.8 Å². The summed E-state index contributed by atoms with van der Waals surface area (Å²) in [5.41, 5.74) is 1.11. The van der Waals surface area contributed by atoms with Crippen molar-refractivity contribution < 1.29 is 32.3 Å². The molecular weight excluding hydrogens is 759 g/mol. The highest BCUT2D eigenvalue weighted by Crippen LogP contribution is 2.46. The zero-order valence-electron chi connectivity index (χ0n) is 33.5. The number of fused-ring (bicyclic) bond motifs is 4. The standard InChI is InChI=1S/C43H55N7O7S/c1-4-29-24-43(29,41(53)47-58(55,56)31-19-20-31)46-38(51)34-23-30-26-50(34)40(52)36(28-15-9-10-16-28)45-42(54)48(3)21-13-7-5-6-8-14-22-49-25-27(2)35-32-17-11-12-18-33(32)44-39(57-30)37(35)49/h4,8,11-12,14,17-18,25,28-31,34,36H,1,5-7,9-10,13,15-16,19-24,26H2,2-3H3,(H,45,54)(H,46,51)(H,47,53)/t29-,30+,34-,36+,43-/m1/s1. The summed E-state index contributed by atoms with van der Waals surface area (Å²) >= 11 is 0. The SMILES string of the molecule is C=C[C@@H]1C[C@]1(NC(=O)[C@H]1C[C@H]2CN1C(=O)[C@H](C1CCCC1)NC(=O)N(C)CCCCCC=CCn1cc(C)c3c4ccccc4nc(c31)O2)C(=O)NS(=O)(=O)C1CC1. The van der Waals surface area contributed by atoms with Crippen molar-refractivity contribution in [1.29, 1.82) is 0 Å². The van der Waals surface area contributed by atoms with Crippen molar-refractivity contribution in [2.45, 2.75) is 119 Å². The van der Waals surface area contributed by atoms with E-state index in [1.54, 1.807) is 18.0 Å². The van der Waals surface area contributed by atoms with Crippen LogP contribution in [0.15, 0.2) is 55.3 Å². The number of nitrogens with one attached hydrogen (secondary N) is 3. The maximum atomic E-state index is 15.0. The molecule has 8 rings (SSSR count). The van der Waals surface area contributed by atoms with Gasteiger partial charge in [-0.05, 0) is 75.8 Å². The van der Waals surface area contributed by atoms with E-state index in [0.717, 1.165) is 78.7 Å². The van der Waals surface area contributed by atoms with Crippen LogP contribution in [-0.4, -0.2) is 101 Å². The lowest BCUT2D eigenvalue weighted by molar-refractivity contribution is -0.142. The zero-order chi connectivity index (χ0) is 40.8. The molecule has 15 heteroatoms. The van der Waals surface area contributed by atoms with Crippen LogP contribution in [-0.2, 0) is 31.0 Å². The van der Waals surface area contributed by atoms with Gasteiger partial charge in [0.25, 0.3) is 5.91 Å². The smallest absolute Gasteiger partial charge is 0.317 e. The number of sulfonamides is 1. The second-order valence-corrected chi connectivity index (χ2v) is 19.0. The number of para-hydroxylation sites is 1. The second kappa shape index (κ2) is 16.0. The van der Waals surface area contributed by atoms with Crippen LogP contribution in [0.25, 0.3) is 21.8 Å². The summed E-state index contributed by atoms with van der Waals surface area (Å²) in [6, 6.07) is 5.59. The summed E-state index contributed by atoms with van der Waals surface area (Å²) in [7, 11) is -2.16. The van der Waals surface area contributed by atoms with Crippen molar-refractivity contribution in [2.75, 3.05) is 20.1 Å². The van der Waals surface area contributed by atoms with Gasteiger partial charge in [-0.3, -0.25) is 19.1 Å². The first-order chi connectivity index (χ1) is 27.9. The highest BCUT2D eigenvalue weighted by atomic mass is 32.2. The topological polar surface area (TPSA) is 172 Å². The number of carbonyl (C=O) groups is 4. The Morgan fingerprint density at radius 3 is 2.57 bits per heavy atom. The number of hydrogen-bond donors (Lipinski definition) is 3. The van der Waals surface area contributed by atoms with E-state index in [2.05, 4.69) is 51.8 Å². The van der Waals surface area contributed by atoms with E-state index in [1.165, 1.54) is 4.90 Å². The summed E-state index contributed by atoms with van der Waals surface area (Å²) in [6.07, 6.45) is 15.5. The number of amides is 5. The van der Waals surface area contributed by atoms with E-state index in [9.17, 15) is 27.6 Å². The predicted octanol–water partition coefficient (Wildman–Crippen LogP) is 4.85. The average Bonchev–Trinajstić information content (AvgIpc) is 4.03. The Kier molecular flexibility index (Phi) is 11.0. The zero-order valence-corrected chi connectivity index (χ0v) is 34.3. The van der Waals surface area contributed by atoms with Gasteiger partial charge in [0.1, 0.15) is 29.2 Å². The monoisotopic (exact) mass is 813 g/mol. The maximum Gasteiger partial charge on any atom is 0.317 e. The Hall–Kier alpha value is -4.92. The van der Waals surface area contributed by atoms with Crippen LogP contribution in [0.3, 0.4) is 0 Å². The fourth-order valence-electron chi connectivity index (χ4n) is 9.28. The first-order valence-electron chi connectivity index (χ1n) is 20.9. The number of pyridine rings is 1. The number of aryl methyl sites for hydroxylation is 1. The molecule has 0 unspecified atom stereocenters. The fraction of sp³-hybridized carbons (Fsp3) is 0.558. The minimum absolute atomic E-state index is 0.0294. The number of allylic oxidation sites excluding steroid dienone is 2. The third-order valence-electron chi connectivity index (χ3n) is 12.8. The molecule has 58 heavy (non-hydrogen) atoms. The number of aromatic nitrogens is 2. The minimum Gasteiger partial charge on any atom is -0.471 e. The Morgan fingerprint density at radius 2 is 1.83 bits per heavy atom. The van der Waals surface area contributed by atoms with Crippen LogP contribution >= 0.6 is 0 Å². The van der Waals surface area contributed by atoms with Gasteiger partial charge in [0, 0.05) is 49.4 Å². The number of urea groups is 1. The van der Waals surface area contributed by atoms with E-state index in [-0.39, 0.29) is 37.2 Å². The Morgan fingerprint density at radius 1 is 1.05 bits per heavy atom. The van der Waals surface area contributed by atoms with Crippen LogP contribution in [0.5, 0.6) is 5.88 Å². The molecule has 3 aliphatic carbocycles. The molecule has 5 aliphatic rings. The summed E-state index contributed by atoms with van der Waals surface area (Å²) in [6.45, 7) is 7.07. The molecule has 3 aromatic rings. The van der Waals surface area contributed by atoms with Gasteiger partial charge in [-0.25, -0.2) is 18.2 Å². The third-order valence-corrected chi connectivity index (χ3v) is 14.7. The third kappa shape index (κ3) is 7.81. The highest BCUT2D eigenvalue weighted by molar-refractivity contribution is 7.91. The average molecular weight is 814 g/mol. The van der Waals surface area contributed by atoms with Gasteiger partial charge in [-0.2, -0.15) is 0 Å². The molecule has 5 atom stereocenters. The van der Waals surface area contributed by atoms with Crippen LogP contribution in [0.1, 0.15) is 82.6 Å². The first kappa shape index (κ1) is 39.9. The van der Waals surface area contributed by atoms with Crippen molar-refractivity contribution in [3.8, 4) is 5.88 Å². The first-order valence-corrected chi connectivity index (χ1v) is 22.5. The van der Waals surface area contributed by atoms with Crippen molar-refractivity contribution in [1.82, 2.24) is 34.7 Å². The van der Waals surface area contributed by atoms with Crippen molar-refractivity contribution >= 4 is 55.6 Å². The lowest BCUT2D eigenvalue weighted by Gasteiger charge is -2.33. The molecule has 2 bridgehead atoms. The largest absolute Gasteiger partial charge is 0.471 e. The lowest BCUT2D eigenvalue weighted by atomic mass is 9.96. The molecule has 0 radical (unpaired) electrons. The molecule has 2 aromatic heterocycles. The summed E-state index contributed by atoms with van der Waals surface area (Å²) in [5, 5.41) is 7.33. The molecule has 1 aromatic carbocycles. The quantitative estimate of drug-likeness (QED) is 0.285. The number of rotatable bonds is 7. The summed E-state index contributed by atoms with van der Waals surface area (Å²) < 4.78 is 36.9. The molecule has 4 heterocycles. The predicted molar refractivity (Wildman–Crippen MR) is 220 cm³/mol. The van der Waals surface area contributed by atoms with E-state index in [1.807, 2.05) is 24.3 Å². The van der Waals surface area contributed by atoms with Crippen molar-refractivity contribution in [3.63, 3.8) is 0 Å². The molecule has 14 nitrogen and oxygen atoms in total. The molecule has 3 saturated carbocycles. The molecule has 1 saturated heterocycles. The van der Waals surface area contributed by atoms with Crippen LogP contribution in [0.4, 0.5) is 4.79 Å². The molecule has 3 N–H and O–H groups in total. The van der Waals surface area contributed by atoms with Gasteiger partial charge in [-0.1, -0.05) is 55.7 Å². The maximum absolute atomic E-state index is 15.0. The highest BCUT2D eigenvalue weighted by Gasteiger charge is 2.62. The molecule has 2 aliphatic heterocycles. The fourth-order valence-corrected chi connectivity index (χ4v) is 10.6. The Labute approximate surface area is 339 Å².